The number of benzene rings is 1. The summed E-state index contributed by atoms with van der Waals surface area (Å²) >= 11 is 0. The van der Waals surface area contributed by atoms with Crippen LogP contribution in [-0.2, 0) is 11.2 Å². The molecule has 2 N–H and O–H groups in total. The standard InChI is InChI=1S/C14H19NO4/c1-19-14(18)15-11(9-16)8-13(17)12(15)7-10-5-3-2-4-6-10/h2-6,11-13,16-17H,7-9H2,1H3/t11-,12-,13-/m0/s1. The first-order valence-corrected chi connectivity index (χ1v) is 6.36. The molecule has 1 fully saturated rings. The summed E-state index contributed by atoms with van der Waals surface area (Å²) in [4.78, 5) is 13.3. The highest BCUT2D eigenvalue weighted by Gasteiger charge is 2.43. The highest BCUT2D eigenvalue weighted by Crippen LogP contribution is 2.27. The number of carbonyl (C=O) groups is 1. The van der Waals surface area contributed by atoms with Crippen molar-refractivity contribution in [2.24, 2.45) is 0 Å². The topological polar surface area (TPSA) is 70.0 Å². The van der Waals surface area contributed by atoms with Crippen LogP contribution in [0.4, 0.5) is 4.79 Å². The number of hydrogen-bond donors (Lipinski definition) is 2. The summed E-state index contributed by atoms with van der Waals surface area (Å²) in [5.74, 6) is 0. The lowest BCUT2D eigenvalue weighted by molar-refractivity contribution is 0.0706. The average Bonchev–Trinajstić information content (AvgIpc) is 2.76. The molecule has 1 amide bonds. The first-order valence-electron chi connectivity index (χ1n) is 6.36. The number of amides is 1. The molecule has 5 heteroatoms. The van der Waals surface area contributed by atoms with E-state index in [1.807, 2.05) is 30.3 Å². The molecule has 0 bridgehead atoms. The minimum Gasteiger partial charge on any atom is -0.453 e. The summed E-state index contributed by atoms with van der Waals surface area (Å²) in [7, 11) is 1.31. The zero-order valence-corrected chi connectivity index (χ0v) is 10.9. The van der Waals surface area contributed by atoms with Gasteiger partial charge < -0.3 is 14.9 Å². The van der Waals surface area contributed by atoms with Gasteiger partial charge in [0.15, 0.2) is 0 Å². The molecule has 0 aromatic heterocycles. The van der Waals surface area contributed by atoms with Crippen LogP contribution >= 0.6 is 0 Å². The van der Waals surface area contributed by atoms with E-state index in [0.717, 1.165) is 5.56 Å². The number of methoxy groups -OCH3 is 1. The molecule has 1 aromatic carbocycles. The Morgan fingerprint density at radius 3 is 2.68 bits per heavy atom. The van der Waals surface area contributed by atoms with Gasteiger partial charge in [0, 0.05) is 0 Å². The van der Waals surface area contributed by atoms with Crippen LogP contribution in [0.5, 0.6) is 0 Å². The van der Waals surface area contributed by atoms with Crippen molar-refractivity contribution in [1.82, 2.24) is 4.90 Å². The molecular weight excluding hydrogens is 246 g/mol. The van der Waals surface area contributed by atoms with Gasteiger partial charge in [-0.25, -0.2) is 4.79 Å². The Morgan fingerprint density at radius 2 is 2.11 bits per heavy atom. The van der Waals surface area contributed by atoms with Gasteiger partial charge in [0.2, 0.25) is 0 Å². The predicted octanol–water partition coefficient (Wildman–Crippen LogP) is 0.792. The second-order valence-electron chi connectivity index (χ2n) is 4.77. The molecule has 0 radical (unpaired) electrons. The molecule has 3 atom stereocenters. The number of rotatable bonds is 3. The number of carbonyl (C=O) groups excluding carboxylic acids is 1. The summed E-state index contributed by atoms with van der Waals surface area (Å²) < 4.78 is 4.75. The molecule has 1 saturated heterocycles. The molecule has 104 valence electrons. The number of ether oxygens (including phenoxy) is 1. The van der Waals surface area contributed by atoms with Crippen molar-refractivity contribution in [2.75, 3.05) is 13.7 Å². The van der Waals surface area contributed by atoms with Gasteiger partial charge in [-0.05, 0) is 18.4 Å². The summed E-state index contributed by atoms with van der Waals surface area (Å²) in [6.07, 6.45) is -0.218. The van der Waals surface area contributed by atoms with Gasteiger partial charge in [-0.2, -0.15) is 0 Å². The normalized spacial score (nSPS) is 26.5. The number of likely N-dealkylation sites (tertiary alicyclic amines) is 1. The Kier molecular flexibility index (Phi) is 4.39. The summed E-state index contributed by atoms with van der Waals surface area (Å²) in [6, 6.07) is 8.93. The van der Waals surface area contributed by atoms with E-state index in [1.165, 1.54) is 12.0 Å². The second kappa shape index (κ2) is 6.04. The summed E-state index contributed by atoms with van der Waals surface area (Å²) in [5, 5.41) is 19.4. The number of aliphatic hydroxyl groups is 2. The third-order valence-corrected chi connectivity index (χ3v) is 3.59. The number of nitrogens with zero attached hydrogens (tertiary/aromatic N) is 1. The van der Waals surface area contributed by atoms with Gasteiger partial charge in [0.05, 0.1) is 31.9 Å². The lowest BCUT2D eigenvalue weighted by Crippen LogP contribution is -2.45. The van der Waals surface area contributed by atoms with Gasteiger partial charge in [-0.3, -0.25) is 4.90 Å². The van der Waals surface area contributed by atoms with E-state index in [4.69, 9.17) is 4.74 Å². The first-order chi connectivity index (χ1) is 9.17. The smallest absolute Gasteiger partial charge is 0.410 e. The van der Waals surface area contributed by atoms with Gasteiger partial charge >= 0.3 is 6.09 Å². The Balaban J connectivity index is 2.18. The maximum atomic E-state index is 11.8. The molecule has 2 rings (SSSR count). The Labute approximate surface area is 112 Å². The molecule has 5 nitrogen and oxygen atoms in total. The molecule has 19 heavy (non-hydrogen) atoms. The van der Waals surface area contributed by atoms with Crippen molar-refractivity contribution in [3.8, 4) is 0 Å². The van der Waals surface area contributed by atoms with Crippen LogP contribution in [0.3, 0.4) is 0 Å². The van der Waals surface area contributed by atoms with Crippen molar-refractivity contribution in [2.45, 2.75) is 31.0 Å². The Morgan fingerprint density at radius 1 is 1.42 bits per heavy atom. The predicted molar refractivity (Wildman–Crippen MR) is 69.7 cm³/mol. The molecule has 0 aliphatic carbocycles. The number of aliphatic hydroxyl groups excluding tert-OH is 2. The fourth-order valence-electron chi connectivity index (χ4n) is 2.65. The fraction of sp³-hybridized carbons (Fsp3) is 0.500. The van der Waals surface area contributed by atoms with Gasteiger partial charge in [-0.15, -0.1) is 0 Å². The Hall–Kier alpha value is -1.59. The molecule has 0 saturated carbocycles. The highest BCUT2D eigenvalue weighted by molar-refractivity contribution is 5.69. The molecule has 0 unspecified atom stereocenters. The third kappa shape index (κ3) is 2.88. The van der Waals surface area contributed by atoms with Crippen LogP contribution in [0, 0.1) is 0 Å². The van der Waals surface area contributed by atoms with Crippen molar-refractivity contribution < 1.29 is 19.7 Å². The van der Waals surface area contributed by atoms with Crippen LogP contribution in [0.15, 0.2) is 30.3 Å². The van der Waals surface area contributed by atoms with E-state index in [2.05, 4.69) is 0 Å². The largest absolute Gasteiger partial charge is 0.453 e. The van der Waals surface area contributed by atoms with Gasteiger partial charge in [0.1, 0.15) is 0 Å². The van der Waals surface area contributed by atoms with E-state index < -0.39 is 12.2 Å². The zero-order valence-electron chi connectivity index (χ0n) is 10.9. The van der Waals surface area contributed by atoms with Crippen molar-refractivity contribution in [1.29, 1.82) is 0 Å². The van der Waals surface area contributed by atoms with Crippen LogP contribution in [0.25, 0.3) is 0 Å². The van der Waals surface area contributed by atoms with Gasteiger partial charge in [0.25, 0.3) is 0 Å². The number of hydrogen-bond acceptors (Lipinski definition) is 4. The lowest BCUT2D eigenvalue weighted by Gasteiger charge is -2.28. The van der Waals surface area contributed by atoms with E-state index in [-0.39, 0.29) is 18.7 Å². The highest BCUT2D eigenvalue weighted by atomic mass is 16.5. The maximum Gasteiger partial charge on any atom is 0.410 e. The maximum absolute atomic E-state index is 11.8. The molecular formula is C14H19NO4. The third-order valence-electron chi connectivity index (χ3n) is 3.59. The Bertz CT molecular complexity index is 423. The SMILES string of the molecule is COC(=O)N1[C@H](CO)C[C@H](O)[C@@H]1Cc1ccccc1. The van der Waals surface area contributed by atoms with Gasteiger partial charge in [-0.1, -0.05) is 30.3 Å². The van der Waals surface area contributed by atoms with Crippen molar-refractivity contribution in [3.63, 3.8) is 0 Å². The van der Waals surface area contributed by atoms with Crippen LogP contribution in [0.2, 0.25) is 0 Å². The quantitative estimate of drug-likeness (QED) is 0.848. The van der Waals surface area contributed by atoms with Crippen molar-refractivity contribution in [3.05, 3.63) is 35.9 Å². The second-order valence-corrected chi connectivity index (χ2v) is 4.77. The first kappa shape index (κ1) is 13.8. The monoisotopic (exact) mass is 265 g/mol. The van der Waals surface area contributed by atoms with Crippen LogP contribution in [-0.4, -0.2) is 53.1 Å². The van der Waals surface area contributed by atoms with Crippen molar-refractivity contribution >= 4 is 6.09 Å². The lowest BCUT2D eigenvalue weighted by atomic mass is 10.0. The minimum absolute atomic E-state index is 0.169. The summed E-state index contributed by atoms with van der Waals surface area (Å²) in [5.41, 5.74) is 1.04. The summed E-state index contributed by atoms with van der Waals surface area (Å²) in [6.45, 7) is -0.169. The minimum atomic E-state index is -0.642. The van der Waals surface area contributed by atoms with E-state index in [9.17, 15) is 15.0 Å². The molecule has 1 aliphatic rings. The zero-order chi connectivity index (χ0) is 13.8. The molecule has 1 aromatic rings. The van der Waals surface area contributed by atoms with Crippen LogP contribution in [0.1, 0.15) is 12.0 Å². The fourth-order valence-corrected chi connectivity index (χ4v) is 2.65. The molecule has 1 aliphatic heterocycles. The van der Waals surface area contributed by atoms with E-state index >= 15 is 0 Å². The average molecular weight is 265 g/mol. The molecule has 1 heterocycles. The van der Waals surface area contributed by atoms with E-state index in [1.54, 1.807) is 0 Å². The van der Waals surface area contributed by atoms with Crippen LogP contribution < -0.4 is 0 Å². The van der Waals surface area contributed by atoms with E-state index in [0.29, 0.717) is 12.8 Å². The molecule has 0 spiro atoms.